The molecule has 5 nitrogen and oxygen atoms in total. The first-order valence-electron chi connectivity index (χ1n) is 10.4. The van der Waals surface area contributed by atoms with Crippen molar-refractivity contribution in [1.29, 1.82) is 0 Å². The van der Waals surface area contributed by atoms with Crippen molar-refractivity contribution in [1.82, 2.24) is 4.72 Å². The molecule has 0 fully saturated rings. The van der Waals surface area contributed by atoms with Crippen LogP contribution in [0.1, 0.15) is 35.6 Å². The Balaban J connectivity index is 1.81. The van der Waals surface area contributed by atoms with Gasteiger partial charge in [0.1, 0.15) is 0 Å². The summed E-state index contributed by atoms with van der Waals surface area (Å²) in [6, 6.07) is 20.6. The topological polar surface area (TPSA) is 72.5 Å². The average molecular weight is 506 g/mol. The average Bonchev–Trinajstić information content (AvgIpc) is 2.80. The number of carbonyl (C=O) groups is 1. The normalized spacial score (nSPS) is 12.3. The number of nitrogens with one attached hydrogen (secondary N) is 1. The third-order valence-electron chi connectivity index (χ3n) is 5.23. The van der Waals surface area contributed by atoms with E-state index in [-0.39, 0.29) is 10.9 Å². The summed E-state index contributed by atoms with van der Waals surface area (Å²) in [5.74, 6) is -0.230. The van der Waals surface area contributed by atoms with Crippen LogP contribution in [0.25, 0.3) is 0 Å². The second-order valence-electron chi connectivity index (χ2n) is 7.63. The fourth-order valence-corrected chi connectivity index (χ4v) is 4.88. The fraction of sp³-hybridized carbons (Fsp3) is 0.240. The van der Waals surface area contributed by atoms with Gasteiger partial charge in [0.15, 0.2) is 0 Å². The highest BCUT2D eigenvalue weighted by Gasteiger charge is 2.22. The Morgan fingerprint density at radius 2 is 1.42 bits per heavy atom. The van der Waals surface area contributed by atoms with Gasteiger partial charge in [-0.3, -0.25) is 4.79 Å². The van der Waals surface area contributed by atoms with Crippen molar-refractivity contribution in [3.8, 4) is 0 Å². The molecule has 0 spiro atoms. The van der Waals surface area contributed by atoms with Crippen LogP contribution in [0.2, 0.25) is 10.0 Å². The molecule has 0 bridgehead atoms. The molecule has 174 valence electrons. The van der Waals surface area contributed by atoms with E-state index in [9.17, 15) is 13.2 Å². The van der Waals surface area contributed by atoms with E-state index in [2.05, 4.69) is 9.46 Å². The SMILES string of the molecule is COC(=O)CCCc1ccc(C(Cc2ccc(Cl)cc2)NS(=O)(=O)c2ccc(Cl)cc2)cc1. The quantitative estimate of drug-likeness (QED) is 0.356. The molecule has 8 heteroatoms. The predicted molar refractivity (Wildman–Crippen MR) is 131 cm³/mol. The molecule has 0 saturated carbocycles. The van der Waals surface area contributed by atoms with E-state index in [1.807, 2.05) is 36.4 Å². The molecule has 0 aliphatic carbocycles. The molecule has 33 heavy (non-hydrogen) atoms. The van der Waals surface area contributed by atoms with E-state index in [0.717, 1.165) is 23.1 Å². The van der Waals surface area contributed by atoms with Gasteiger partial charge in [-0.2, -0.15) is 0 Å². The van der Waals surface area contributed by atoms with Crippen molar-refractivity contribution in [2.75, 3.05) is 7.11 Å². The number of sulfonamides is 1. The first kappa shape index (κ1) is 25.2. The molecular formula is C25H25Cl2NO4S. The summed E-state index contributed by atoms with van der Waals surface area (Å²) < 4.78 is 33.6. The molecule has 0 radical (unpaired) electrons. The van der Waals surface area contributed by atoms with Gasteiger partial charge < -0.3 is 4.74 Å². The molecular weight excluding hydrogens is 481 g/mol. The van der Waals surface area contributed by atoms with Crippen molar-refractivity contribution in [3.05, 3.63) is 99.5 Å². The molecule has 3 aromatic rings. The maximum atomic E-state index is 13.1. The van der Waals surface area contributed by atoms with E-state index < -0.39 is 16.1 Å². The second kappa shape index (κ2) is 11.7. The van der Waals surface area contributed by atoms with Crippen LogP contribution in [0.5, 0.6) is 0 Å². The Kier molecular flexibility index (Phi) is 8.92. The lowest BCUT2D eigenvalue weighted by molar-refractivity contribution is -0.140. The summed E-state index contributed by atoms with van der Waals surface area (Å²) in [6.07, 6.45) is 2.22. The minimum Gasteiger partial charge on any atom is -0.469 e. The van der Waals surface area contributed by atoms with Gasteiger partial charge in [-0.05, 0) is 72.4 Å². The van der Waals surface area contributed by atoms with Crippen molar-refractivity contribution < 1.29 is 17.9 Å². The van der Waals surface area contributed by atoms with Crippen LogP contribution >= 0.6 is 23.2 Å². The van der Waals surface area contributed by atoms with Crippen LogP contribution < -0.4 is 4.72 Å². The molecule has 3 aromatic carbocycles. The van der Waals surface area contributed by atoms with E-state index in [1.165, 1.54) is 19.2 Å². The number of rotatable bonds is 10. The maximum Gasteiger partial charge on any atom is 0.305 e. The smallest absolute Gasteiger partial charge is 0.305 e. The van der Waals surface area contributed by atoms with Crippen molar-refractivity contribution in [2.45, 2.75) is 36.6 Å². The second-order valence-corrected chi connectivity index (χ2v) is 10.2. The zero-order chi connectivity index (χ0) is 23.8. The van der Waals surface area contributed by atoms with Crippen LogP contribution in [0.4, 0.5) is 0 Å². The third-order valence-corrected chi connectivity index (χ3v) is 7.22. The molecule has 1 unspecified atom stereocenters. The molecule has 0 heterocycles. The Labute approximate surface area is 204 Å². The molecule has 0 aliphatic rings. The van der Waals surface area contributed by atoms with Crippen LogP contribution in [0.15, 0.2) is 77.7 Å². The van der Waals surface area contributed by atoms with Crippen molar-refractivity contribution in [3.63, 3.8) is 0 Å². The highest BCUT2D eigenvalue weighted by Crippen LogP contribution is 2.24. The van der Waals surface area contributed by atoms with Crippen LogP contribution in [-0.4, -0.2) is 21.5 Å². The lowest BCUT2D eigenvalue weighted by atomic mass is 9.97. The fourth-order valence-electron chi connectivity index (χ4n) is 3.41. The molecule has 0 aromatic heterocycles. The number of hydrogen-bond acceptors (Lipinski definition) is 4. The van der Waals surface area contributed by atoms with Gasteiger partial charge in [0.2, 0.25) is 10.0 Å². The van der Waals surface area contributed by atoms with Gasteiger partial charge in [0.05, 0.1) is 18.0 Å². The number of halogens is 2. The third kappa shape index (κ3) is 7.57. The number of methoxy groups -OCH3 is 1. The zero-order valence-corrected chi connectivity index (χ0v) is 20.5. The van der Waals surface area contributed by atoms with Crippen LogP contribution in [0, 0.1) is 0 Å². The lowest BCUT2D eigenvalue weighted by Crippen LogP contribution is -2.30. The number of carbonyl (C=O) groups excluding carboxylic acids is 1. The van der Waals surface area contributed by atoms with E-state index in [4.69, 9.17) is 23.2 Å². The van der Waals surface area contributed by atoms with E-state index in [0.29, 0.717) is 29.3 Å². The predicted octanol–water partition coefficient (Wildman–Crippen LogP) is 5.75. The van der Waals surface area contributed by atoms with E-state index in [1.54, 1.807) is 24.3 Å². The minimum absolute atomic E-state index is 0.146. The Morgan fingerprint density at radius 3 is 2.00 bits per heavy atom. The van der Waals surface area contributed by atoms with Crippen LogP contribution in [-0.2, 0) is 32.4 Å². The first-order chi connectivity index (χ1) is 15.8. The highest BCUT2D eigenvalue weighted by atomic mass is 35.5. The summed E-state index contributed by atoms with van der Waals surface area (Å²) in [7, 11) is -2.40. The summed E-state index contributed by atoms with van der Waals surface area (Å²) in [5, 5.41) is 1.09. The summed E-state index contributed by atoms with van der Waals surface area (Å²) >= 11 is 11.9. The zero-order valence-electron chi connectivity index (χ0n) is 18.1. The Morgan fingerprint density at radius 1 is 0.879 bits per heavy atom. The van der Waals surface area contributed by atoms with Gasteiger partial charge in [-0.25, -0.2) is 13.1 Å². The Bertz CT molecular complexity index is 1160. The van der Waals surface area contributed by atoms with Crippen molar-refractivity contribution >= 4 is 39.2 Å². The standard InChI is InChI=1S/C25H25Cl2NO4S/c1-32-25(29)4-2-3-18-5-9-20(10-6-18)24(17-19-7-11-21(26)12-8-19)28-33(30,31)23-15-13-22(27)14-16-23/h5-16,24,28H,2-4,17H2,1H3. The summed E-state index contributed by atoms with van der Waals surface area (Å²) in [6.45, 7) is 0. The van der Waals surface area contributed by atoms with Crippen molar-refractivity contribution in [2.24, 2.45) is 0 Å². The summed E-state index contributed by atoms with van der Waals surface area (Å²) in [5.41, 5.74) is 2.85. The summed E-state index contributed by atoms with van der Waals surface area (Å²) in [4.78, 5) is 11.5. The number of esters is 1. The molecule has 1 atom stereocenters. The number of benzene rings is 3. The largest absolute Gasteiger partial charge is 0.469 e. The first-order valence-corrected chi connectivity index (χ1v) is 12.7. The molecule has 0 amide bonds. The van der Waals surface area contributed by atoms with Gasteiger partial charge in [-0.15, -0.1) is 0 Å². The minimum atomic E-state index is -3.78. The number of ether oxygens (including phenoxy) is 1. The molecule has 0 saturated heterocycles. The number of aryl methyl sites for hydroxylation is 1. The van der Waals surface area contributed by atoms with Gasteiger partial charge in [0, 0.05) is 16.5 Å². The maximum absolute atomic E-state index is 13.1. The molecule has 1 N–H and O–H groups in total. The highest BCUT2D eigenvalue weighted by molar-refractivity contribution is 7.89. The van der Waals surface area contributed by atoms with Gasteiger partial charge >= 0.3 is 5.97 Å². The van der Waals surface area contributed by atoms with Crippen LogP contribution in [0.3, 0.4) is 0 Å². The monoisotopic (exact) mass is 505 g/mol. The lowest BCUT2D eigenvalue weighted by Gasteiger charge is -2.20. The molecule has 0 aliphatic heterocycles. The van der Waals surface area contributed by atoms with Gasteiger partial charge in [0.25, 0.3) is 0 Å². The number of hydrogen-bond donors (Lipinski definition) is 1. The van der Waals surface area contributed by atoms with Gasteiger partial charge in [-0.1, -0.05) is 59.6 Å². The molecule has 3 rings (SSSR count). The Hall–Kier alpha value is -2.38. The van der Waals surface area contributed by atoms with E-state index >= 15 is 0 Å².